The van der Waals surface area contributed by atoms with Crippen molar-refractivity contribution in [2.45, 2.75) is 38.6 Å². The molecule has 0 radical (unpaired) electrons. The molecule has 3 N–H and O–H groups in total. The number of rotatable bonds is 5. The van der Waals surface area contributed by atoms with E-state index < -0.39 is 6.04 Å². The molecule has 110 valence electrons. The van der Waals surface area contributed by atoms with E-state index in [1.807, 2.05) is 11.8 Å². The van der Waals surface area contributed by atoms with Crippen LogP contribution >= 0.6 is 0 Å². The topological polar surface area (TPSA) is 58.4 Å². The van der Waals surface area contributed by atoms with Crippen molar-refractivity contribution in [3.8, 4) is 0 Å². The van der Waals surface area contributed by atoms with E-state index in [1.54, 1.807) is 12.1 Å². The van der Waals surface area contributed by atoms with Gasteiger partial charge in [-0.05, 0) is 37.5 Å². The van der Waals surface area contributed by atoms with E-state index in [0.717, 1.165) is 32.4 Å². The second kappa shape index (κ2) is 6.70. The highest BCUT2D eigenvalue weighted by Gasteiger charge is 2.17. The first-order valence-corrected chi connectivity index (χ1v) is 7.22. The number of nitrogens with one attached hydrogen (secondary N) is 1. The third-order valence-electron chi connectivity index (χ3n) is 3.60. The molecule has 1 aromatic rings. The number of carbonyl (C=O) groups is 1. The summed E-state index contributed by atoms with van der Waals surface area (Å²) in [7, 11) is 0. The van der Waals surface area contributed by atoms with Crippen molar-refractivity contribution in [1.82, 2.24) is 0 Å². The van der Waals surface area contributed by atoms with E-state index in [0.29, 0.717) is 17.8 Å². The average molecular weight is 279 g/mol. The Kier molecular flexibility index (Phi) is 4.95. The van der Waals surface area contributed by atoms with Gasteiger partial charge >= 0.3 is 0 Å². The van der Waals surface area contributed by atoms with Gasteiger partial charge in [-0.3, -0.25) is 4.79 Å². The average Bonchev–Trinajstić information content (AvgIpc) is 2.93. The zero-order chi connectivity index (χ0) is 14.5. The van der Waals surface area contributed by atoms with Gasteiger partial charge in [0.05, 0.1) is 11.7 Å². The predicted molar refractivity (Wildman–Crippen MR) is 79.4 cm³/mol. The van der Waals surface area contributed by atoms with Crippen molar-refractivity contribution in [2.75, 3.05) is 23.3 Å². The number of amides is 1. The van der Waals surface area contributed by atoms with Gasteiger partial charge in [-0.15, -0.1) is 0 Å². The molecule has 1 heterocycles. The lowest BCUT2D eigenvalue weighted by molar-refractivity contribution is -0.117. The van der Waals surface area contributed by atoms with Gasteiger partial charge in [0.2, 0.25) is 5.91 Å². The predicted octanol–water partition coefficient (Wildman–Crippen LogP) is 2.49. The maximum Gasteiger partial charge on any atom is 0.241 e. The van der Waals surface area contributed by atoms with E-state index in [9.17, 15) is 9.18 Å². The summed E-state index contributed by atoms with van der Waals surface area (Å²) in [5, 5.41) is 2.66. The zero-order valence-electron chi connectivity index (χ0n) is 11.9. The minimum atomic E-state index is -0.540. The minimum absolute atomic E-state index is 0.264. The van der Waals surface area contributed by atoms with Crippen molar-refractivity contribution in [3.05, 3.63) is 24.0 Å². The number of nitrogens with zero attached hydrogens (tertiary/aromatic N) is 1. The van der Waals surface area contributed by atoms with Crippen molar-refractivity contribution in [1.29, 1.82) is 0 Å². The fourth-order valence-electron chi connectivity index (χ4n) is 2.48. The normalized spacial score (nSPS) is 16.2. The highest BCUT2D eigenvalue weighted by Crippen LogP contribution is 2.26. The van der Waals surface area contributed by atoms with Gasteiger partial charge in [0, 0.05) is 18.8 Å². The van der Waals surface area contributed by atoms with Crippen LogP contribution < -0.4 is 16.0 Å². The fourth-order valence-corrected chi connectivity index (χ4v) is 2.48. The first kappa shape index (κ1) is 14.8. The molecule has 5 heteroatoms. The molecule has 1 amide bonds. The zero-order valence-corrected chi connectivity index (χ0v) is 11.9. The van der Waals surface area contributed by atoms with Gasteiger partial charge in [0.15, 0.2) is 0 Å². The molecule has 1 atom stereocenters. The summed E-state index contributed by atoms with van der Waals surface area (Å²) in [6.45, 7) is 3.76. The minimum Gasteiger partial charge on any atom is -0.369 e. The molecular weight excluding hydrogens is 257 g/mol. The van der Waals surface area contributed by atoms with Gasteiger partial charge in [-0.2, -0.15) is 0 Å². The quantitative estimate of drug-likeness (QED) is 0.870. The first-order chi connectivity index (χ1) is 9.61. The van der Waals surface area contributed by atoms with Gasteiger partial charge in [-0.25, -0.2) is 4.39 Å². The summed E-state index contributed by atoms with van der Waals surface area (Å²) >= 11 is 0. The van der Waals surface area contributed by atoms with E-state index in [-0.39, 0.29) is 11.7 Å². The van der Waals surface area contributed by atoms with Crippen LogP contribution in [0.5, 0.6) is 0 Å². The Balaban J connectivity index is 2.03. The van der Waals surface area contributed by atoms with Crippen LogP contribution in [0.3, 0.4) is 0 Å². The van der Waals surface area contributed by atoms with Crippen molar-refractivity contribution in [2.24, 2.45) is 5.73 Å². The fraction of sp³-hybridized carbons (Fsp3) is 0.533. The van der Waals surface area contributed by atoms with Gasteiger partial charge in [0.25, 0.3) is 0 Å². The van der Waals surface area contributed by atoms with E-state index >= 15 is 0 Å². The van der Waals surface area contributed by atoms with E-state index in [1.165, 1.54) is 6.07 Å². The van der Waals surface area contributed by atoms with Crippen molar-refractivity contribution >= 4 is 17.3 Å². The number of anilines is 2. The Labute approximate surface area is 119 Å². The highest BCUT2D eigenvalue weighted by atomic mass is 19.1. The Hall–Kier alpha value is -1.62. The van der Waals surface area contributed by atoms with Crippen LogP contribution in [0, 0.1) is 5.82 Å². The maximum absolute atomic E-state index is 14.1. The molecule has 0 saturated carbocycles. The lowest BCUT2D eigenvalue weighted by Gasteiger charge is -2.19. The number of halogens is 1. The van der Waals surface area contributed by atoms with Crippen LogP contribution in [-0.4, -0.2) is 25.0 Å². The van der Waals surface area contributed by atoms with Crippen LogP contribution in [-0.2, 0) is 4.79 Å². The molecule has 1 aliphatic heterocycles. The Morgan fingerprint density at radius 3 is 2.75 bits per heavy atom. The number of benzene rings is 1. The molecule has 0 aromatic heterocycles. The molecule has 1 fully saturated rings. The molecule has 1 aliphatic rings. The lowest BCUT2D eigenvalue weighted by Crippen LogP contribution is -2.35. The van der Waals surface area contributed by atoms with Gasteiger partial charge < -0.3 is 16.0 Å². The summed E-state index contributed by atoms with van der Waals surface area (Å²) in [6, 6.07) is 4.28. The van der Waals surface area contributed by atoms with Crippen LogP contribution in [0.4, 0.5) is 15.8 Å². The smallest absolute Gasteiger partial charge is 0.241 e. The largest absolute Gasteiger partial charge is 0.369 e. The maximum atomic E-state index is 14.1. The van der Waals surface area contributed by atoms with E-state index in [2.05, 4.69) is 5.32 Å². The number of hydrogen-bond donors (Lipinski definition) is 2. The number of carbonyl (C=O) groups excluding carboxylic acids is 1. The lowest BCUT2D eigenvalue weighted by atomic mass is 10.1. The second-order valence-corrected chi connectivity index (χ2v) is 5.24. The summed E-state index contributed by atoms with van der Waals surface area (Å²) in [6.07, 6.45) is 3.67. The molecule has 0 bridgehead atoms. The van der Waals surface area contributed by atoms with Crippen LogP contribution in [0.2, 0.25) is 0 Å². The molecule has 0 unspecified atom stereocenters. The Morgan fingerprint density at radius 2 is 2.15 bits per heavy atom. The Bertz CT molecular complexity index is 472. The van der Waals surface area contributed by atoms with Crippen molar-refractivity contribution < 1.29 is 9.18 Å². The summed E-state index contributed by atoms with van der Waals surface area (Å²) in [4.78, 5) is 13.8. The first-order valence-electron chi connectivity index (χ1n) is 7.22. The molecule has 0 aliphatic carbocycles. The summed E-state index contributed by atoms with van der Waals surface area (Å²) < 4.78 is 14.1. The molecule has 4 nitrogen and oxygen atoms in total. The second-order valence-electron chi connectivity index (χ2n) is 5.24. The third kappa shape index (κ3) is 3.48. The highest BCUT2D eigenvalue weighted by molar-refractivity contribution is 5.94. The molecule has 20 heavy (non-hydrogen) atoms. The molecular formula is C15H22FN3O. The van der Waals surface area contributed by atoms with Gasteiger partial charge in [0.1, 0.15) is 5.82 Å². The third-order valence-corrected chi connectivity index (χ3v) is 3.60. The van der Waals surface area contributed by atoms with E-state index in [4.69, 9.17) is 5.73 Å². The SMILES string of the molecule is CCC[C@H](N)C(=O)Nc1ccc(N2CCCC2)c(F)c1. The van der Waals surface area contributed by atoms with Crippen LogP contribution in [0.25, 0.3) is 0 Å². The van der Waals surface area contributed by atoms with Crippen LogP contribution in [0.1, 0.15) is 32.6 Å². The Morgan fingerprint density at radius 1 is 1.45 bits per heavy atom. The monoisotopic (exact) mass is 279 g/mol. The number of nitrogens with two attached hydrogens (primary N) is 1. The molecule has 1 saturated heterocycles. The molecule has 2 rings (SSSR count). The van der Waals surface area contributed by atoms with Crippen LogP contribution in [0.15, 0.2) is 18.2 Å². The summed E-state index contributed by atoms with van der Waals surface area (Å²) in [5.41, 5.74) is 6.80. The van der Waals surface area contributed by atoms with Crippen molar-refractivity contribution in [3.63, 3.8) is 0 Å². The standard InChI is InChI=1S/C15H22FN3O/c1-2-5-13(17)15(20)18-11-6-7-14(12(16)10-11)19-8-3-4-9-19/h6-7,10,13H,2-5,8-9,17H2,1H3,(H,18,20)/t13-/m0/s1. The number of hydrogen-bond acceptors (Lipinski definition) is 3. The molecule has 1 aromatic carbocycles. The van der Waals surface area contributed by atoms with Gasteiger partial charge in [-0.1, -0.05) is 13.3 Å². The summed E-state index contributed by atoms with van der Waals surface area (Å²) in [5.74, 6) is -0.561. The molecule has 0 spiro atoms.